The standard InChI is InChI=1S/C18H30N2O/c1-5-13-21-17-9-7-16(8-10-17)15(2)19-14-18(20(3)4)11-6-12-18/h7-10,15,19H,5-6,11-14H2,1-4H3. The lowest BCUT2D eigenvalue weighted by Gasteiger charge is -2.48. The highest BCUT2D eigenvalue weighted by Crippen LogP contribution is 2.36. The van der Waals surface area contributed by atoms with Crippen molar-refractivity contribution in [1.82, 2.24) is 10.2 Å². The molecule has 1 fully saturated rings. The Hall–Kier alpha value is -1.06. The average Bonchev–Trinajstić information content (AvgIpc) is 2.44. The Kier molecular flexibility index (Phi) is 5.65. The van der Waals surface area contributed by atoms with Gasteiger partial charge in [-0.05, 0) is 64.4 Å². The molecule has 1 aliphatic rings. The number of nitrogens with one attached hydrogen (secondary N) is 1. The second-order valence-electron chi connectivity index (χ2n) is 6.49. The molecule has 3 heteroatoms. The van der Waals surface area contributed by atoms with Gasteiger partial charge in [-0.25, -0.2) is 0 Å². The van der Waals surface area contributed by atoms with Crippen LogP contribution in [0.3, 0.4) is 0 Å². The minimum Gasteiger partial charge on any atom is -0.494 e. The molecule has 1 aliphatic carbocycles. The highest BCUT2D eigenvalue weighted by Gasteiger charge is 2.38. The summed E-state index contributed by atoms with van der Waals surface area (Å²) in [6.07, 6.45) is 5.02. The van der Waals surface area contributed by atoms with Crippen LogP contribution >= 0.6 is 0 Å². The number of rotatable bonds is 8. The third-order valence-electron chi connectivity index (χ3n) is 4.82. The van der Waals surface area contributed by atoms with E-state index < -0.39 is 0 Å². The van der Waals surface area contributed by atoms with Crippen LogP contribution in [0.15, 0.2) is 24.3 Å². The molecule has 1 aromatic rings. The number of hydrogen-bond acceptors (Lipinski definition) is 3. The number of nitrogens with zero attached hydrogens (tertiary/aromatic N) is 1. The molecule has 1 saturated carbocycles. The first kappa shape index (κ1) is 16.3. The molecule has 0 spiro atoms. The Balaban J connectivity index is 1.86. The summed E-state index contributed by atoms with van der Waals surface area (Å²) in [7, 11) is 4.40. The Morgan fingerprint density at radius 1 is 1.24 bits per heavy atom. The van der Waals surface area contributed by atoms with Crippen molar-refractivity contribution in [2.45, 2.75) is 51.1 Å². The van der Waals surface area contributed by atoms with Crippen LogP contribution in [-0.2, 0) is 0 Å². The lowest BCUT2D eigenvalue weighted by molar-refractivity contribution is 0.0576. The van der Waals surface area contributed by atoms with Crippen LogP contribution in [0.25, 0.3) is 0 Å². The number of ether oxygens (including phenoxy) is 1. The fraction of sp³-hybridized carbons (Fsp3) is 0.667. The van der Waals surface area contributed by atoms with Gasteiger partial charge in [0.1, 0.15) is 5.75 Å². The van der Waals surface area contributed by atoms with E-state index in [1.807, 2.05) is 0 Å². The number of likely N-dealkylation sites (N-methyl/N-ethyl adjacent to an activating group) is 1. The monoisotopic (exact) mass is 290 g/mol. The van der Waals surface area contributed by atoms with E-state index in [4.69, 9.17) is 4.74 Å². The van der Waals surface area contributed by atoms with Crippen molar-refractivity contribution in [3.05, 3.63) is 29.8 Å². The molecule has 1 unspecified atom stereocenters. The summed E-state index contributed by atoms with van der Waals surface area (Å²) in [4.78, 5) is 2.39. The largest absolute Gasteiger partial charge is 0.494 e. The van der Waals surface area contributed by atoms with Gasteiger partial charge in [-0.15, -0.1) is 0 Å². The van der Waals surface area contributed by atoms with Gasteiger partial charge >= 0.3 is 0 Å². The van der Waals surface area contributed by atoms with Crippen LogP contribution in [-0.4, -0.2) is 37.7 Å². The van der Waals surface area contributed by atoms with Crippen LogP contribution in [0, 0.1) is 0 Å². The molecule has 0 heterocycles. The molecule has 1 atom stereocenters. The third kappa shape index (κ3) is 3.98. The summed E-state index contributed by atoms with van der Waals surface area (Å²) in [6.45, 7) is 6.22. The second kappa shape index (κ2) is 7.28. The maximum absolute atomic E-state index is 5.64. The Bertz CT molecular complexity index is 423. The molecule has 1 aromatic carbocycles. The van der Waals surface area contributed by atoms with E-state index in [1.54, 1.807) is 0 Å². The number of benzene rings is 1. The molecule has 0 bridgehead atoms. The summed E-state index contributed by atoms with van der Waals surface area (Å²) in [5.74, 6) is 0.969. The Morgan fingerprint density at radius 3 is 2.38 bits per heavy atom. The van der Waals surface area contributed by atoms with E-state index in [0.717, 1.165) is 25.3 Å². The summed E-state index contributed by atoms with van der Waals surface area (Å²) < 4.78 is 5.64. The molecule has 0 amide bonds. The fourth-order valence-corrected chi connectivity index (χ4v) is 2.90. The normalized spacial score (nSPS) is 18.3. The van der Waals surface area contributed by atoms with Crippen LogP contribution in [0.4, 0.5) is 0 Å². The maximum atomic E-state index is 5.64. The zero-order valence-electron chi connectivity index (χ0n) is 14.0. The molecular weight excluding hydrogens is 260 g/mol. The molecular formula is C18H30N2O. The minimum absolute atomic E-state index is 0.373. The topological polar surface area (TPSA) is 24.5 Å². The first-order valence-electron chi connectivity index (χ1n) is 8.21. The highest BCUT2D eigenvalue weighted by atomic mass is 16.5. The van der Waals surface area contributed by atoms with Gasteiger partial charge in [-0.1, -0.05) is 19.1 Å². The van der Waals surface area contributed by atoms with Gasteiger partial charge in [0.2, 0.25) is 0 Å². The smallest absolute Gasteiger partial charge is 0.119 e. The van der Waals surface area contributed by atoms with E-state index >= 15 is 0 Å². The molecule has 3 nitrogen and oxygen atoms in total. The molecule has 0 aliphatic heterocycles. The predicted molar refractivity (Wildman–Crippen MR) is 88.9 cm³/mol. The van der Waals surface area contributed by atoms with E-state index in [1.165, 1.54) is 24.8 Å². The quantitative estimate of drug-likeness (QED) is 0.791. The van der Waals surface area contributed by atoms with Gasteiger partial charge in [0, 0.05) is 18.1 Å². The van der Waals surface area contributed by atoms with Gasteiger partial charge in [-0.3, -0.25) is 0 Å². The summed E-state index contributed by atoms with van der Waals surface area (Å²) in [6, 6.07) is 8.88. The first-order valence-corrected chi connectivity index (χ1v) is 8.21. The molecule has 1 N–H and O–H groups in total. The number of hydrogen-bond donors (Lipinski definition) is 1. The van der Waals surface area contributed by atoms with Gasteiger partial charge in [0.05, 0.1) is 6.61 Å². The van der Waals surface area contributed by atoms with Crippen molar-refractivity contribution in [3.8, 4) is 5.75 Å². The third-order valence-corrected chi connectivity index (χ3v) is 4.82. The molecule has 0 saturated heterocycles. The first-order chi connectivity index (χ1) is 10.1. The minimum atomic E-state index is 0.373. The Labute approximate surface area is 129 Å². The van der Waals surface area contributed by atoms with Gasteiger partial charge < -0.3 is 15.0 Å². The molecule has 0 radical (unpaired) electrons. The van der Waals surface area contributed by atoms with Crippen molar-refractivity contribution in [2.75, 3.05) is 27.2 Å². The highest BCUT2D eigenvalue weighted by molar-refractivity contribution is 5.29. The predicted octanol–water partition coefficient (Wildman–Crippen LogP) is 3.61. The van der Waals surface area contributed by atoms with Gasteiger partial charge in [0.25, 0.3) is 0 Å². The van der Waals surface area contributed by atoms with E-state index in [0.29, 0.717) is 11.6 Å². The Morgan fingerprint density at radius 2 is 1.90 bits per heavy atom. The van der Waals surface area contributed by atoms with Crippen LogP contribution < -0.4 is 10.1 Å². The van der Waals surface area contributed by atoms with Crippen LogP contribution in [0.5, 0.6) is 5.75 Å². The zero-order chi connectivity index (χ0) is 15.3. The second-order valence-corrected chi connectivity index (χ2v) is 6.49. The summed E-state index contributed by atoms with van der Waals surface area (Å²) >= 11 is 0. The molecule has 118 valence electrons. The lowest BCUT2D eigenvalue weighted by Crippen LogP contribution is -2.56. The van der Waals surface area contributed by atoms with Crippen molar-refractivity contribution >= 4 is 0 Å². The van der Waals surface area contributed by atoms with Crippen LogP contribution in [0.1, 0.15) is 51.1 Å². The van der Waals surface area contributed by atoms with E-state index in [2.05, 4.69) is 62.4 Å². The summed E-state index contributed by atoms with van der Waals surface area (Å²) in [5, 5.41) is 3.70. The fourth-order valence-electron chi connectivity index (χ4n) is 2.90. The molecule has 0 aromatic heterocycles. The average molecular weight is 290 g/mol. The maximum Gasteiger partial charge on any atom is 0.119 e. The van der Waals surface area contributed by atoms with E-state index in [9.17, 15) is 0 Å². The van der Waals surface area contributed by atoms with Crippen molar-refractivity contribution < 1.29 is 4.74 Å². The van der Waals surface area contributed by atoms with Crippen molar-refractivity contribution in [2.24, 2.45) is 0 Å². The van der Waals surface area contributed by atoms with Crippen LogP contribution in [0.2, 0.25) is 0 Å². The molecule has 21 heavy (non-hydrogen) atoms. The lowest BCUT2D eigenvalue weighted by atomic mass is 9.75. The SMILES string of the molecule is CCCOc1ccc(C(C)NCC2(N(C)C)CCC2)cc1. The molecule has 2 rings (SSSR count). The van der Waals surface area contributed by atoms with Gasteiger partial charge in [0.15, 0.2) is 0 Å². The van der Waals surface area contributed by atoms with Crippen molar-refractivity contribution in [1.29, 1.82) is 0 Å². The summed E-state index contributed by atoms with van der Waals surface area (Å²) in [5.41, 5.74) is 1.70. The van der Waals surface area contributed by atoms with Crippen molar-refractivity contribution in [3.63, 3.8) is 0 Å². The van der Waals surface area contributed by atoms with E-state index in [-0.39, 0.29) is 0 Å². The van der Waals surface area contributed by atoms with Gasteiger partial charge in [-0.2, -0.15) is 0 Å². The zero-order valence-corrected chi connectivity index (χ0v) is 14.0.